The highest BCUT2D eigenvalue weighted by molar-refractivity contribution is 5.96. The summed E-state index contributed by atoms with van der Waals surface area (Å²) >= 11 is 0. The van der Waals surface area contributed by atoms with Crippen LogP contribution in [-0.2, 0) is 4.74 Å². The summed E-state index contributed by atoms with van der Waals surface area (Å²) in [7, 11) is 1.17. The van der Waals surface area contributed by atoms with Crippen LogP contribution in [0.5, 0.6) is 0 Å². The third-order valence-electron chi connectivity index (χ3n) is 7.86. The first kappa shape index (κ1) is 22.2. The van der Waals surface area contributed by atoms with Crippen LogP contribution in [0.3, 0.4) is 0 Å². The van der Waals surface area contributed by atoms with Crippen LogP contribution in [0.25, 0.3) is 10.8 Å². The van der Waals surface area contributed by atoms with E-state index in [0.29, 0.717) is 11.3 Å². The van der Waals surface area contributed by atoms with E-state index >= 15 is 0 Å². The van der Waals surface area contributed by atoms with Crippen molar-refractivity contribution in [2.45, 2.75) is 77.0 Å². The van der Waals surface area contributed by atoms with Crippen LogP contribution in [0.15, 0.2) is 24.3 Å². The minimum Gasteiger partial charge on any atom is -0.465 e. The average molecular weight is 429 g/mol. The van der Waals surface area contributed by atoms with E-state index in [1.807, 2.05) is 12.1 Å². The SMILES string of the molecule is CCCCCC1CC[C@@H]2CC(c3ccc4cc(C(=O)OC)c(F)c(F)c4c3)CC[C@H]2C1. The van der Waals surface area contributed by atoms with Gasteiger partial charge in [-0.1, -0.05) is 51.2 Å². The Morgan fingerprint density at radius 3 is 2.55 bits per heavy atom. The van der Waals surface area contributed by atoms with E-state index in [4.69, 9.17) is 0 Å². The Morgan fingerprint density at radius 2 is 1.77 bits per heavy atom. The van der Waals surface area contributed by atoms with Crippen molar-refractivity contribution in [2.75, 3.05) is 7.11 Å². The molecule has 4 rings (SSSR count). The van der Waals surface area contributed by atoms with Gasteiger partial charge in [0.05, 0.1) is 12.7 Å². The Kier molecular flexibility index (Phi) is 6.93. The second-order valence-corrected chi connectivity index (χ2v) is 9.73. The lowest BCUT2D eigenvalue weighted by atomic mass is 9.63. The molecule has 2 aliphatic carbocycles. The lowest BCUT2D eigenvalue weighted by molar-refractivity contribution is 0.0594. The molecule has 0 N–H and O–H groups in total. The molecule has 0 radical (unpaired) electrons. The molecular weight excluding hydrogens is 394 g/mol. The van der Waals surface area contributed by atoms with Gasteiger partial charge in [0.2, 0.25) is 0 Å². The summed E-state index contributed by atoms with van der Waals surface area (Å²) in [6.07, 6.45) is 13.0. The Morgan fingerprint density at radius 1 is 1.00 bits per heavy atom. The van der Waals surface area contributed by atoms with Gasteiger partial charge in [-0.25, -0.2) is 13.6 Å². The number of hydrogen-bond donors (Lipinski definition) is 0. The Hall–Kier alpha value is -1.97. The van der Waals surface area contributed by atoms with E-state index in [1.54, 1.807) is 6.07 Å². The number of benzene rings is 2. The highest BCUT2D eigenvalue weighted by Gasteiger charge is 2.36. The number of unbranched alkanes of at least 4 members (excludes halogenated alkanes) is 2. The van der Waals surface area contributed by atoms with E-state index in [1.165, 1.54) is 64.5 Å². The molecule has 0 saturated heterocycles. The van der Waals surface area contributed by atoms with Crippen LogP contribution in [0.4, 0.5) is 8.78 Å². The molecule has 0 amide bonds. The summed E-state index contributed by atoms with van der Waals surface area (Å²) in [5, 5.41) is 0.786. The summed E-state index contributed by atoms with van der Waals surface area (Å²) < 4.78 is 33.8. The Balaban J connectivity index is 1.48. The lowest BCUT2D eigenvalue weighted by Gasteiger charge is -2.42. The van der Waals surface area contributed by atoms with E-state index in [-0.39, 0.29) is 10.9 Å². The number of halogens is 2. The molecule has 0 spiro atoms. The van der Waals surface area contributed by atoms with Gasteiger partial charge in [-0.2, -0.15) is 0 Å². The molecule has 0 bridgehead atoms. The maximum Gasteiger partial charge on any atom is 0.340 e. The molecule has 4 atom stereocenters. The minimum absolute atomic E-state index is 0.254. The topological polar surface area (TPSA) is 26.3 Å². The molecule has 0 aliphatic heterocycles. The van der Waals surface area contributed by atoms with E-state index in [0.717, 1.165) is 36.2 Å². The van der Waals surface area contributed by atoms with Gasteiger partial charge < -0.3 is 4.74 Å². The number of ether oxygens (including phenoxy) is 1. The highest BCUT2D eigenvalue weighted by atomic mass is 19.2. The number of esters is 1. The van der Waals surface area contributed by atoms with Crippen LogP contribution < -0.4 is 0 Å². The first-order chi connectivity index (χ1) is 15.0. The standard InChI is InChI=1S/C27H34F2O2/c1-3-4-5-6-17-7-8-19-14-20(10-9-18(19)13-17)21-11-12-22-16-24(27(30)31-2)26(29)25(28)23(22)15-21/h11-12,15-20H,3-10,13-14H2,1-2H3/t17?,18-,19+,20?/m0/s1. The van der Waals surface area contributed by atoms with Crippen molar-refractivity contribution in [3.8, 4) is 0 Å². The van der Waals surface area contributed by atoms with Crippen LogP contribution in [-0.4, -0.2) is 13.1 Å². The van der Waals surface area contributed by atoms with E-state index in [2.05, 4.69) is 11.7 Å². The van der Waals surface area contributed by atoms with Crippen LogP contribution in [0.1, 0.15) is 93.0 Å². The normalized spacial score (nSPS) is 25.9. The molecule has 2 nitrogen and oxygen atoms in total. The van der Waals surface area contributed by atoms with Crippen molar-refractivity contribution in [3.63, 3.8) is 0 Å². The van der Waals surface area contributed by atoms with Gasteiger partial charge in [0.1, 0.15) is 0 Å². The first-order valence-electron chi connectivity index (χ1n) is 12.0. The fourth-order valence-electron chi connectivity index (χ4n) is 6.09. The van der Waals surface area contributed by atoms with Crippen LogP contribution in [0.2, 0.25) is 0 Å². The molecule has 2 fully saturated rings. The van der Waals surface area contributed by atoms with Gasteiger partial charge in [-0.05, 0) is 78.9 Å². The number of methoxy groups -OCH3 is 1. The third kappa shape index (κ3) is 4.63. The number of carbonyl (C=O) groups excluding carboxylic acids is 1. The fourth-order valence-corrected chi connectivity index (χ4v) is 6.09. The molecule has 4 heteroatoms. The van der Waals surface area contributed by atoms with E-state index < -0.39 is 17.6 Å². The van der Waals surface area contributed by atoms with E-state index in [9.17, 15) is 13.6 Å². The van der Waals surface area contributed by atoms with Gasteiger partial charge in [0.25, 0.3) is 0 Å². The van der Waals surface area contributed by atoms with Gasteiger partial charge in [-0.15, -0.1) is 0 Å². The number of carbonyl (C=O) groups is 1. The Labute approximate surface area is 184 Å². The molecule has 2 aromatic carbocycles. The molecule has 2 aromatic rings. The first-order valence-corrected chi connectivity index (χ1v) is 12.0. The molecule has 0 aromatic heterocycles. The summed E-state index contributed by atoms with van der Waals surface area (Å²) in [6, 6.07) is 7.04. The zero-order valence-electron chi connectivity index (χ0n) is 18.8. The van der Waals surface area contributed by atoms with Crippen molar-refractivity contribution >= 4 is 16.7 Å². The van der Waals surface area contributed by atoms with Crippen molar-refractivity contribution < 1.29 is 18.3 Å². The summed E-state index contributed by atoms with van der Waals surface area (Å²) in [5.41, 5.74) is 0.747. The molecule has 2 aliphatic rings. The zero-order chi connectivity index (χ0) is 22.0. The summed E-state index contributed by atoms with van der Waals surface area (Å²) in [4.78, 5) is 11.7. The lowest BCUT2D eigenvalue weighted by Crippen LogP contribution is -2.30. The number of rotatable bonds is 6. The van der Waals surface area contributed by atoms with Gasteiger partial charge in [-0.3, -0.25) is 0 Å². The Bertz CT molecular complexity index is 938. The summed E-state index contributed by atoms with van der Waals surface area (Å²) in [6.45, 7) is 2.27. The second kappa shape index (κ2) is 9.67. The van der Waals surface area contributed by atoms with Gasteiger partial charge in [0.15, 0.2) is 11.6 Å². The van der Waals surface area contributed by atoms with Crippen molar-refractivity contribution in [3.05, 3.63) is 47.0 Å². The number of hydrogen-bond acceptors (Lipinski definition) is 2. The predicted octanol–water partition coefficient (Wildman–Crippen LogP) is 7.78. The number of fused-ring (bicyclic) bond motifs is 2. The molecule has 168 valence electrons. The van der Waals surface area contributed by atoms with Crippen molar-refractivity contribution in [1.29, 1.82) is 0 Å². The van der Waals surface area contributed by atoms with Crippen LogP contribution in [0, 0.1) is 29.4 Å². The monoisotopic (exact) mass is 428 g/mol. The maximum absolute atomic E-state index is 14.8. The van der Waals surface area contributed by atoms with Gasteiger partial charge >= 0.3 is 5.97 Å². The molecular formula is C27H34F2O2. The molecule has 2 saturated carbocycles. The quantitative estimate of drug-likeness (QED) is 0.347. The molecule has 31 heavy (non-hydrogen) atoms. The van der Waals surface area contributed by atoms with Crippen molar-refractivity contribution in [2.24, 2.45) is 17.8 Å². The van der Waals surface area contributed by atoms with Crippen molar-refractivity contribution in [1.82, 2.24) is 0 Å². The minimum atomic E-state index is -1.12. The largest absolute Gasteiger partial charge is 0.465 e. The maximum atomic E-state index is 14.8. The molecule has 2 unspecified atom stereocenters. The van der Waals surface area contributed by atoms with Gasteiger partial charge in [0, 0.05) is 5.39 Å². The van der Waals surface area contributed by atoms with Crippen LogP contribution >= 0.6 is 0 Å². The highest BCUT2D eigenvalue weighted by Crippen LogP contribution is 2.48. The summed E-state index contributed by atoms with van der Waals surface area (Å²) in [5.74, 6) is -0.0150. The predicted molar refractivity (Wildman–Crippen MR) is 120 cm³/mol. The molecule has 0 heterocycles. The second-order valence-electron chi connectivity index (χ2n) is 9.73. The fraction of sp³-hybridized carbons (Fsp3) is 0.593. The average Bonchev–Trinajstić information content (AvgIpc) is 2.80. The third-order valence-corrected chi connectivity index (χ3v) is 7.86. The smallest absolute Gasteiger partial charge is 0.340 e. The zero-order valence-corrected chi connectivity index (χ0v) is 18.8.